The summed E-state index contributed by atoms with van der Waals surface area (Å²) in [5, 5.41) is 11.1. The highest BCUT2D eigenvalue weighted by Gasteiger charge is 2.50. The van der Waals surface area contributed by atoms with E-state index in [9.17, 15) is 5.11 Å². The molecular formula is C27H34N2O2. The van der Waals surface area contributed by atoms with Gasteiger partial charge in [-0.3, -0.25) is 9.97 Å². The number of hydrogen-bond donors (Lipinski definition) is 1. The fourth-order valence-corrected chi connectivity index (χ4v) is 5.82. The van der Waals surface area contributed by atoms with Crippen LogP contribution in [0.15, 0.2) is 36.8 Å². The van der Waals surface area contributed by atoms with Crippen molar-refractivity contribution < 1.29 is 9.84 Å². The normalized spacial score (nSPS) is 26.9. The summed E-state index contributed by atoms with van der Waals surface area (Å²) in [7, 11) is 0. The van der Waals surface area contributed by atoms with E-state index in [0.29, 0.717) is 12.5 Å². The van der Waals surface area contributed by atoms with Gasteiger partial charge in [-0.15, -0.1) is 5.92 Å². The third kappa shape index (κ3) is 4.62. The van der Waals surface area contributed by atoms with Crippen molar-refractivity contribution in [3.63, 3.8) is 0 Å². The van der Waals surface area contributed by atoms with Gasteiger partial charge in [-0.2, -0.15) is 0 Å². The van der Waals surface area contributed by atoms with Gasteiger partial charge in [0.05, 0.1) is 11.9 Å². The van der Waals surface area contributed by atoms with E-state index < -0.39 is 5.60 Å². The van der Waals surface area contributed by atoms with Gasteiger partial charge in [-0.25, -0.2) is 0 Å². The minimum absolute atomic E-state index is 0.161. The molecular weight excluding hydrogens is 384 g/mol. The van der Waals surface area contributed by atoms with E-state index in [2.05, 4.69) is 46.9 Å². The number of aromatic nitrogens is 2. The van der Waals surface area contributed by atoms with Gasteiger partial charge in [0.1, 0.15) is 18.0 Å². The molecule has 1 aromatic heterocycles. The van der Waals surface area contributed by atoms with Gasteiger partial charge in [0.15, 0.2) is 0 Å². The van der Waals surface area contributed by atoms with Crippen LogP contribution in [-0.2, 0) is 18.4 Å². The molecule has 2 aromatic rings. The van der Waals surface area contributed by atoms with Gasteiger partial charge < -0.3 is 9.84 Å². The first kappa shape index (κ1) is 21.8. The zero-order chi connectivity index (χ0) is 21.7. The molecule has 31 heavy (non-hydrogen) atoms. The maximum atomic E-state index is 11.1. The van der Waals surface area contributed by atoms with E-state index in [1.165, 1.54) is 36.8 Å². The number of rotatable bonds is 7. The van der Waals surface area contributed by atoms with Crippen LogP contribution in [0.2, 0.25) is 0 Å². The molecule has 1 fully saturated rings. The minimum atomic E-state index is -0.815. The van der Waals surface area contributed by atoms with E-state index in [1.807, 2.05) is 6.92 Å². The fraction of sp³-hybridized carbons (Fsp3) is 0.556. The molecule has 0 radical (unpaired) electrons. The van der Waals surface area contributed by atoms with E-state index >= 15 is 0 Å². The highest BCUT2D eigenvalue weighted by atomic mass is 16.5. The lowest BCUT2D eigenvalue weighted by Gasteiger charge is -2.52. The summed E-state index contributed by atoms with van der Waals surface area (Å²) in [5.74, 6) is 7.47. The maximum absolute atomic E-state index is 11.1. The van der Waals surface area contributed by atoms with Crippen molar-refractivity contribution in [1.29, 1.82) is 0 Å². The molecule has 4 nitrogen and oxygen atoms in total. The largest absolute Gasteiger partial charge is 0.487 e. The molecule has 2 aliphatic carbocycles. The van der Waals surface area contributed by atoms with Gasteiger partial charge in [0.25, 0.3) is 0 Å². The second-order valence-corrected chi connectivity index (χ2v) is 9.26. The van der Waals surface area contributed by atoms with E-state index in [1.54, 1.807) is 18.6 Å². The molecule has 3 atom stereocenters. The third-order valence-electron chi connectivity index (χ3n) is 7.31. The van der Waals surface area contributed by atoms with Crippen LogP contribution in [0.5, 0.6) is 5.75 Å². The van der Waals surface area contributed by atoms with Crippen molar-refractivity contribution >= 4 is 0 Å². The van der Waals surface area contributed by atoms with Gasteiger partial charge in [0, 0.05) is 12.4 Å². The predicted octanol–water partition coefficient (Wildman–Crippen LogP) is 5.37. The number of aliphatic hydroxyl groups is 1. The Balaban J connectivity index is 1.59. The summed E-state index contributed by atoms with van der Waals surface area (Å²) >= 11 is 0. The first-order valence-corrected chi connectivity index (χ1v) is 11.8. The van der Waals surface area contributed by atoms with Crippen molar-refractivity contribution in [3.8, 4) is 17.6 Å². The molecule has 4 rings (SSSR count). The number of fused-ring (bicyclic) bond motifs is 3. The summed E-state index contributed by atoms with van der Waals surface area (Å²) in [6.45, 7) is 4.53. The molecule has 1 heterocycles. The Morgan fingerprint density at radius 2 is 2.13 bits per heavy atom. The average molecular weight is 419 g/mol. The molecule has 2 aliphatic rings. The van der Waals surface area contributed by atoms with E-state index in [0.717, 1.165) is 43.5 Å². The molecule has 0 bridgehead atoms. The number of unbranched alkanes of at least 4 members (excludes halogenated alkanes) is 2. The van der Waals surface area contributed by atoms with Crippen LogP contribution in [0, 0.1) is 17.8 Å². The second kappa shape index (κ2) is 9.40. The lowest BCUT2D eigenvalue weighted by atomic mass is 9.53. The fourth-order valence-electron chi connectivity index (χ4n) is 5.82. The molecule has 4 heteroatoms. The number of aryl methyl sites for hydroxylation is 1. The quantitative estimate of drug-likeness (QED) is 0.485. The first-order chi connectivity index (χ1) is 15.1. The van der Waals surface area contributed by atoms with Crippen LogP contribution < -0.4 is 4.74 Å². The molecule has 0 amide bonds. The summed E-state index contributed by atoms with van der Waals surface area (Å²) in [4.78, 5) is 8.40. The third-order valence-corrected chi connectivity index (χ3v) is 7.31. The Morgan fingerprint density at radius 1 is 1.23 bits per heavy atom. The Labute approximate surface area is 186 Å². The van der Waals surface area contributed by atoms with Crippen LogP contribution >= 0.6 is 0 Å². The Kier molecular flexibility index (Phi) is 6.62. The Hall–Kier alpha value is -2.38. The second-order valence-electron chi connectivity index (χ2n) is 9.26. The highest BCUT2D eigenvalue weighted by Crippen LogP contribution is 2.55. The topological polar surface area (TPSA) is 55.2 Å². The van der Waals surface area contributed by atoms with Crippen LogP contribution in [-0.4, -0.2) is 20.7 Å². The number of nitrogens with zero attached hydrogens (tertiary/aromatic N) is 2. The van der Waals surface area contributed by atoms with Crippen molar-refractivity contribution in [2.24, 2.45) is 5.92 Å². The average Bonchev–Trinajstić information content (AvgIpc) is 2.79. The van der Waals surface area contributed by atoms with Crippen molar-refractivity contribution in [2.45, 2.75) is 89.3 Å². The molecule has 0 unspecified atom stereocenters. The first-order valence-electron chi connectivity index (χ1n) is 11.8. The lowest BCUT2D eigenvalue weighted by molar-refractivity contribution is -0.0115. The predicted molar refractivity (Wildman–Crippen MR) is 123 cm³/mol. The number of ether oxygens (including phenoxy) is 1. The monoisotopic (exact) mass is 418 g/mol. The van der Waals surface area contributed by atoms with Crippen molar-refractivity contribution in [3.05, 3.63) is 53.6 Å². The molecule has 1 aromatic carbocycles. The Morgan fingerprint density at radius 3 is 2.90 bits per heavy atom. The number of hydrogen-bond acceptors (Lipinski definition) is 4. The van der Waals surface area contributed by atoms with Gasteiger partial charge in [-0.05, 0) is 80.0 Å². The molecule has 164 valence electrons. The Bertz CT molecular complexity index is 949. The number of benzene rings is 1. The van der Waals surface area contributed by atoms with Crippen molar-refractivity contribution in [2.75, 3.05) is 0 Å². The molecule has 0 aliphatic heterocycles. The van der Waals surface area contributed by atoms with Gasteiger partial charge in [-0.1, -0.05) is 38.2 Å². The summed E-state index contributed by atoms with van der Waals surface area (Å²) in [6.07, 6.45) is 14.8. The summed E-state index contributed by atoms with van der Waals surface area (Å²) in [5.41, 5.74) is 3.08. The minimum Gasteiger partial charge on any atom is -0.487 e. The standard InChI is InChI=1S/C27H34N2O2/c1-3-5-6-12-27-14-13-26(30,11-4-2)18-22(27)8-7-21-17-24(9-10-25(21)27)31-20-23-19-28-15-16-29-23/h9-10,15-17,19,22,30H,3,5-8,12-14,18,20H2,1-2H3/t22-,26-,27-/m1/s1. The molecule has 1 saturated carbocycles. The summed E-state index contributed by atoms with van der Waals surface area (Å²) < 4.78 is 6.03. The zero-order valence-corrected chi connectivity index (χ0v) is 18.9. The highest BCUT2D eigenvalue weighted by molar-refractivity contribution is 5.44. The van der Waals surface area contributed by atoms with E-state index in [4.69, 9.17) is 4.74 Å². The zero-order valence-electron chi connectivity index (χ0n) is 18.9. The summed E-state index contributed by atoms with van der Waals surface area (Å²) in [6, 6.07) is 6.65. The van der Waals surface area contributed by atoms with E-state index in [-0.39, 0.29) is 5.41 Å². The van der Waals surface area contributed by atoms with Crippen LogP contribution in [0.3, 0.4) is 0 Å². The van der Waals surface area contributed by atoms with Crippen molar-refractivity contribution in [1.82, 2.24) is 9.97 Å². The SMILES string of the molecule is CC#C[C@@]1(O)CC[C@@]2(CCCCC)c3ccc(OCc4cnccn4)cc3CC[C@@H]2C1. The van der Waals surface area contributed by atoms with Gasteiger partial charge in [0.2, 0.25) is 0 Å². The lowest BCUT2D eigenvalue weighted by Crippen LogP contribution is -2.49. The molecule has 1 N–H and O–H groups in total. The smallest absolute Gasteiger partial charge is 0.132 e. The van der Waals surface area contributed by atoms with Crippen LogP contribution in [0.1, 0.15) is 82.0 Å². The van der Waals surface area contributed by atoms with Gasteiger partial charge >= 0.3 is 0 Å². The maximum Gasteiger partial charge on any atom is 0.132 e. The van der Waals surface area contributed by atoms with Crippen LogP contribution in [0.25, 0.3) is 0 Å². The molecule has 0 spiro atoms. The van der Waals surface area contributed by atoms with Crippen LogP contribution in [0.4, 0.5) is 0 Å². The molecule has 0 saturated heterocycles.